The third-order valence-corrected chi connectivity index (χ3v) is 4.57. The average Bonchev–Trinajstić information content (AvgIpc) is 2.37. The predicted octanol–water partition coefficient (Wildman–Crippen LogP) is 3.00. The molecule has 0 aliphatic carbocycles. The molecule has 1 N–H and O–H groups in total. The van der Waals surface area contributed by atoms with Crippen LogP contribution in [0.25, 0.3) is 0 Å². The standard InChI is InChI=1S/C17H29N3/c1-12-10-13(2)19-15(4)17(12)14(3)18-11-16-6-8-20(5)9-7-16/h10,14,16,18H,6-9,11H2,1-5H3. The molecule has 3 nitrogen and oxygen atoms in total. The van der Waals surface area contributed by atoms with E-state index in [0.29, 0.717) is 6.04 Å². The van der Waals surface area contributed by atoms with E-state index in [1.165, 1.54) is 42.8 Å². The molecular formula is C17H29N3. The molecule has 0 spiro atoms. The van der Waals surface area contributed by atoms with Gasteiger partial charge in [-0.3, -0.25) is 4.98 Å². The lowest BCUT2D eigenvalue weighted by Gasteiger charge is -2.30. The van der Waals surface area contributed by atoms with E-state index in [2.05, 4.69) is 56.0 Å². The maximum absolute atomic E-state index is 4.61. The van der Waals surface area contributed by atoms with Gasteiger partial charge in [0.1, 0.15) is 0 Å². The van der Waals surface area contributed by atoms with Gasteiger partial charge in [-0.15, -0.1) is 0 Å². The lowest BCUT2D eigenvalue weighted by molar-refractivity contribution is 0.213. The molecule has 0 saturated carbocycles. The van der Waals surface area contributed by atoms with E-state index in [0.717, 1.165) is 18.2 Å². The minimum absolute atomic E-state index is 0.391. The van der Waals surface area contributed by atoms with Crippen molar-refractivity contribution < 1.29 is 0 Å². The van der Waals surface area contributed by atoms with Crippen molar-refractivity contribution >= 4 is 0 Å². The van der Waals surface area contributed by atoms with Crippen molar-refractivity contribution in [1.82, 2.24) is 15.2 Å². The summed E-state index contributed by atoms with van der Waals surface area (Å²) >= 11 is 0. The molecule has 1 saturated heterocycles. The second-order valence-electron chi connectivity index (χ2n) is 6.46. The first kappa shape index (κ1) is 15.5. The molecule has 1 unspecified atom stereocenters. The van der Waals surface area contributed by atoms with Gasteiger partial charge in [0.15, 0.2) is 0 Å². The van der Waals surface area contributed by atoms with Crippen LogP contribution < -0.4 is 5.32 Å². The van der Waals surface area contributed by atoms with Crippen LogP contribution in [0.3, 0.4) is 0 Å². The summed E-state index contributed by atoms with van der Waals surface area (Å²) in [7, 11) is 2.22. The summed E-state index contributed by atoms with van der Waals surface area (Å²) in [5.41, 5.74) is 5.03. The molecule has 0 aromatic carbocycles. The molecule has 0 bridgehead atoms. The summed E-state index contributed by atoms with van der Waals surface area (Å²) in [6.07, 6.45) is 2.64. The fourth-order valence-electron chi connectivity index (χ4n) is 3.40. The first-order chi connectivity index (χ1) is 9.47. The molecule has 2 rings (SSSR count). The Morgan fingerprint density at radius 1 is 1.30 bits per heavy atom. The van der Waals surface area contributed by atoms with Crippen molar-refractivity contribution in [2.24, 2.45) is 5.92 Å². The molecule has 2 heterocycles. The molecule has 1 aliphatic heterocycles. The van der Waals surface area contributed by atoms with Crippen LogP contribution in [0.2, 0.25) is 0 Å². The Bertz CT molecular complexity index is 425. The van der Waals surface area contributed by atoms with Gasteiger partial charge in [0.2, 0.25) is 0 Å². The molecule has 112 valence electrons. The van der Waals surface area contributed by atoms with Crippen LogP contribution in [0.1, 0.15) is 48.3 Å². The number of nitrogens with one attached hydrogen (secondary N) is 1. The third-order valence-electron chi connectivity index (χ3n) is 4.57. The lowest BCUT2D eigenvalue weighted by atomic mass is 9.95. The minimum atomic E-state index is 0.391. The van der Waals surface area contributed by atoms with Gasteiger partial charge in [0.25, 0.3) is 0 Å². The molecule has 1 aromatic rings. The van der Waals surface area contributed by atoms with Crippen molar-refractivity contribution in [1.29, 1.82) is 0 Å². The van der Waals surface area contributed by atoms with Crippen LogP contribution in [-0.4, -0.2) is 36.6 Å². The summed E-state index contributed by atoms with van der Waals surface area (Å²) in [6, 6.07) is 2.58. The minimum Gasteiger partial charge on any atom is -0.310 e. The lowest BCUT2D eigenvalue weighted by Crippen LogP contribution is -2.35. The maximum Gasteiger partial charge on any atom is 0.0426 e. The maximum atomic E-state index is 4.61. The molecule has 0 radical (unpaired) electrons. The Kier molecular flexibility index (Phi) is 5.17. The van der Waals surface area contributed by atoms with Crippen molar-refractivity contribution in [3.63, 3.8) is 0 Å². The molecule has 1 aromatic heterocycles. The highest BCUT2D eigenvalue weighted by Crippen LogP contribution is 2.22. The van der Waals surface area contributed by atoms with Gasteiger partial charge in [0, 0.05) is 17.4 Å². The van der Waals surface area contributed by atoms with Crippen LogP contribution in [-0.2, 0) is 0 Å². The van der Waals surface area contributed by atoms with Crippen LogP contribution in [0.4, 0.5) is 0 Å². The Hall–Kier alpha value is -0.930. The molecule has 3 heteroatoms. The number of likely N-dealkylation sites (tertiary alicyclic amines) is 1. The summed E-state index contributed by atoms with van der Waals surface area (Å²) in [5, 5.41) is 3.73. The zero-order chi connectivity index (χ0) is 14.7. The molecular weight excluding hydrogens is 246 g/mol. The SMILES string of the molecule is Cc1cc(C)c(C(C)NCC2CCN(C)CC2)c(C)n1. The first-order valence-corrected chi connectivity index (χ1v) is 7.84. The second kappa shape index (κ2) is 6.68. The zero-order valence-electron chi connectivity index (χ0n) is 13.7. The van der Waals surface area contributed by atoms with E-state index in [1.54, 1.807) is 0 Å². The Balaban J connectivity index is 1.93. The van der Waals surface area contributed by atoms with Crippen molar-refractivity contribution in [2.75, 3.05) is 26.7 Å². The van der Waals surface area contributed by atoms with Crippen LogP contribution >= 0.6 is 0 Å². The highest BCUT2D eigenvalue weighted by Gasteiger charge is 2.18. The number of nitrogens with zero attached hydrogens (tertiary/aromatic N) is 2. The summed E-state index contributed by atoms with van der Waals surface area (Å²) in [5.74, 6) is 0.827. The van der Waals surface area contributed by atoms with Crippen LogP contribution in [0.5, 0.6) is 0 Å². The highest BCUT2D eigenvalue weighted by atomic mass is 15.1. The molecule has 1 aliphatic rings. The fraction of sp³-hybridized carbons (Fsp3) is 0.706. The normalized spacial score (nSPS) is 19.2. The number of pyridine rings is 1. The Labute approximate surface area is 123 Å². The van der Waals surface area contributed by atoms with E-state index in [9.17, 15) is 0 Å². The third kappa shape index (κ3) is 3.80. The molecule has 0 amide bonds. The summed E-state index contributed by atoms with van der Waals surface area (Å²) < 4.78 is 0. The van der Waals surface area contributed by atoms with E-state index in [1.807, 2.05) is 0 Å². The largest absolute Gasteiger partial charge is 0.310 e. The van der Waals surface area contributed by atoms with Gasteiger partial charge in [-0.05, 0) is 90.3 Å². The van der Waals surface area contributed by atoms with E-state index >= 15 is 0 Å². The number of hydrogen-bond acceptors (Lipinski definition) is 3. The van der Waals surface area contributed by atoms with E-state index in [-0.39, 0.29) is 0 Å². The molecule has 1 fully saturated rings. The second-order valence-corrected chi connectivity index (χ2v) is 6.46. The molecule has 20 heavy (non-hydrogen) atoms. The fourth-order valence-corrected chi connectivity index (χ4v) is 3.40. The van der Waals surface area contributed by atoms with Gasteiger partial charge in [-0.2, -0.15) is 0 Å². The van der Waals surface area contributed by atoms with E-state index in [4.69, 9.17) is 0 Å². The van der Waals surface area contributed by atoms with Gasteiger partial charge in [0.05, 0.1) is 0 Å². The zero-order valence-corrected chi connectivity index (χ0v) is 13.7. The number of aromatic nitrogens is 1. The summed E-state index contributed by atoms with van der Waals surface area (Å²) in [4.78, 5) is 7.04. The van der Waals surface area contributed by atoms with Crippen molar-refractivity contribution in [3.05, 3.63) is 28.6 Å². The van der Waals surface area contributed by atoms with Gasteiger partial charge in [-0.1, -0.05) is 0 Å². The van der Waals surface area contributed by atoms with Crippen molar-refractivity contribution in [3.8, 4) is 0 Å². The van der Waals surface area contributed by atoms with Crippen LogP contribution in [0, 0.1) is 26.7 Å². The van der Waals surface area contributed by atoms with Crippen molar-refractivity contribution in [2.45, 2.75) is 46.6 Å². The number of rotatable bonds is 4. The van der Waals surface area contributed by atoms with E-state index < -0.39 is 0 Å². The smallest absolute Gasteiger partial charge is 0.0426 e. The number of hydrogen-bond donors (Lipinski definition) is 1. The van der Waals surface area contributed by atoms with Gasteiger partial charge in [-0.25, -0.2) is 0 Å². The highest BCUT2D eigenvalue weighted by molar-refractivity contribution is 5.33. The summed E-state index contributed by atoms with van der Waals surface area (Å²) in [6.45, 7) is 12.3. The average molecular weight is 275 g/mol. The predicted molar refractivity (Wildman–Crippen MR) is 85.1 cm³/mol. The topological polar surface area (TPSA) is 28.2 Å². The van der Waals surface area contributed by atoms with Crippen LogP contribution in [0.15, 0.2) is 6.07 Å². The van der Waals surface area contributed by atoms with Gasteiger partial charge >= 0.3 is 0 Å². The quantitative estimate of drug-likeness (QED) is 0.915. The van der Waals surface area contributed by atoms with Gasteiger partial charge < -0.3 is 10.2 Å². The Morgan fingerprint density at radius 2 is 1.95 bits per heavy atom. The Morgan fingerprint density at radius 3 is 2.55 bits per heavy atom. The first-order valence-electron chi connectivity index (χ1n) is 7.84. The monoisotopic (exact) mass is 275 g/mol. The number of aryl methyl sites for hydroxylation is 3. The molecule has 1 atom stereocenters. The number of piperidine rings is 1.